The van der Waals surface area contributed by atoms with E-state index in [2.05, 4.69) is 22.4 Å². The van der Waals surface area contributed by atoms with Crippen molar-refractivity contribution in [3.63, 3.8) is 0 Å². The monoisotopic (exact) mass is 293 g/mol. The van der Waals surface area contributed by atoms with Crippen molar-refractivity contribution in [2.75, 3.05) is 13.7 Å². The van der Waals surface area contributed by atoms with E-state index >= 15 is 0 Å². The van der Waals surface area contributed by atoms with Crippen molar-refractivity contribution >= 4 is 11.6 Å². The van der Waals surface area contributed by atoms with Crippen LogP contribution in [0.4, 0.5) is 0 Å². The van der Waals surface area contributed by atoms with Crippen LogP contribution in [0.3, 0.4) is 0 Å². The van der Waals surface area contributed by atoms with Gasteiger partial charge in [0.2, 0.25) is 0 Å². The molecule has 0 fully saturated rings. The third-order valence-electron chi connectivity index (χ3n) is 3.28. The molecule has 0 spiro atoms. The van der Waals surface area contributed by atoms with E-state index in [4.69, 9.17) is 16.3 Å². The molecule has 0 unspecified atom stereocenters. The first-order valence-electron chi connectivity index (χ1n) is 6.72. The molecule has 0 amide bonds. The Hall–Kier alpha value is -1.52. The number of ether oxygens (including phenoxy) is 1. The van der Waals surface area contributed by atoms with Gasteiger partial charge in [-0.2, -0.15) is 5.10 Å². The van der Waals surface area contributed by atoms with Crippen LogP contribution in [-0.4, -0.2) is 23.9 Å². The summed E-state index contributed by atoms with van der Waals surface area (Å²) in [5.74, 6) is 0.714. The molecule has 0 saturated heterocycles. The Kier molecular flexibility index (Phi) is 5.44. The number of rotatable bonds is 7. The maximum absolute atomic E-state index is 6.09. The highest BCUT2D eigenvalue weighted by molar-refractivity contribution is 6.32. The number of H-pyrrole nitrogens is 1. The topological polar surface area (TPSA) is 49.9 Å². The molecule has 108 valence electrons. The number of hydrogen-bond acceptors (Lipinski definition) is 3. The van der Waals surface area contributed by atoms with Gasteiger partial charge in [-0.05, 0) is 49.6 Å². The zero-order valence-corrected chi connectivity index (χ0v) is 12.6. The Bertz CT molecular complexity index is 554. The predicted molar refractivity (Wildman–Crippen MR) is 81.4 cm³/mol. The van der Waals surface area contributed by atoms with Crippen LogP contribution in [0.15, 0.2) is 24.4 Å². The lowest BCUT2D eigenvalue weighted by Gasteiger charge is -2.07. The van der Waals surface area contributed by atoms with Gasteiger partial charge in [-0.3, -0.25) is 5.10 Å². The first-order chi connectivity index (χ1) is 9.70. The van der Waals surface area contributed by atoms with E-state index in [-0.39, 0.29) is 0 Å². The predicted octanol–water partition coefficient (Wildman–Crippen LogP) is 3.10. The number of aromatic amines is 1. The molecule has 0 atom stereocenters. The molecule has 1 aromatic heterocycles. The molecule has 20 heavy (non-hydrogen) atoms. The van der Waals surface area contributed by atoms with Gasteiger partial charge in [0.05, 0.1) is 18.3 Å². The van der Waals surface area contributed by atoms with Crippen LogP contribution in [0.25, 0.3) is 0 Å². The van der Waals surface area contributed by atoms with Crippen LogP contribution in [0.1, 0.15) is 23.2 Å². The molecule has 5 heteroatoms. The van der Waals surface area contributed by atoms with Gasteiger partial charge in [0, 0.05) is 12.2 Å². The molecular formula is C15H20ClN3O. The lowest BCUT2D eigenvalue weighted by atomic mass is 10.1. The number of aryl methyl sites for hydroxylation is 2. The highest BCUT2D eigenvalue weighted by Gasteiger charge is 2.02. The summed E-state index contributed by atoms with van der Waals surface area (Å²) in [7, 11) is 1.62. The van der Waals surface area contributed by atoms with Crippen molar-refractivity contribution in [3.8, 4) is 5.75 Å². The van der Waals surface area contributed by atoms with E-state index in [0.717, 1.165) is 37.2 Å². The SMILES string of the molecule is COc1ccc(CNCCCc2cn[nH]c2C)cc1Cl. The Labute approximate surface area is 124 Å². The van der Waals surface area contributed by atoms with E-state index in [1.807, 2.05) is 24.4 Å². The van der Waals surface area contributed by atoms with E-state index in [0.29, 0.717) is 10.8 Å². The summed E-state index contributed by atoms with van der Waals surface area (Å²) in [6, 6.07) is 5.86. The molecular weight excluding hydrogens is 274 g/mol. The first kappa shape index (κ1) is 14.9. The zero-order chi connectivity index (χ0) is 14.4. The number of aromatic nitrogens is 2. The standard InChI is InChI=1S/C15H20ClN3O/c1-11-13(10-18-19-11)4-3-7-17-9-12-5-6-15(20-2)14(16)8-12/h5-6,8,10,17H,3-4,7,9H2,1-2H3,(H,18,19). The normalized spacial score (nSPS) is 10.8. The Morgan fingerprint density at radius 3 is 2.90 bits per heavy atom. The van der Waals surface area contributed by atoms with Crippen molar-refractivity contribution in [3.05, 3.63) is 46.2 Å². The fourth-order valence-corrected chi connectivity index (χ4v) is 2.36. The number of nitrogens with zero attached hydrogens (tertiary/aromatic N) is 1. The van der Waals surface area contributed by atoms with Crippen molar-refractivity contribution < 1.29 is 4.74 Å². The van der Waals surface area contributed by atoms with Crippen LogP contribution >= 0.6 is 11.6 Å². The van der Waals surface area contributed by atoms with Gasteiger partial charge in [0.1, 0.15) is 5.75 Å². The largest absolute Gasteiger partial charge is 0.495 e. The van der Waals surface area contributed by atoms with Gasteiger partial charge < -0.3 is 10.1 Å². The summed E-state index contributed by atoms with van der Waals surface area (Å²) in [4.78, 5) is 0. The van der Waals surface area contributed by atoms with E-state index in [1.54, 1.807) is 7.11 Å². The maximum Gasteiger partial charge on any atom is 0.137 e. The minimum atomic E-state index is 0.654. The molecule has 2 N–H and O–H groups in total. The number of hydrogen-bond donors (Lipinski definition) is 2. The summed E-state index contributed by atoms with van der Waals surface area (Å²) >= 11 is 6.09. The van der Waals surface area contributed by atoms with Crippen LogP contribution in [0.5, 0.6) is 5.75 Å². The molecule has 0 aliphatic heterocycles. The molecule has 0 radical (unpaired) electrons. The van der Waals surface area contributed by atoms with Gasteiger partial charge in [-0.15, -0.1) is 0 Å². The number of benzene rings is 1. The van der Waals surface area contributed by atoms with Crippen molar-refractivity contribution in [1.29, 1.82) is 0 Å². The summed E-state index contributed by atoms with van der Waals surface area (Å²) in [5.41, 5.74) is 3.61. The third-order valence-corrected chi connectivity index (χ3v) is 3.57. The second-order valence-corrected chi connectivity index (χ2v) is 5.18. The summed E-state index contributed by atoms with van der Waals surface area (Å²) in [6.45, 7) is 3.83. The molecule has 2 aromatic rings. The molecule has 0 aliphatic rings. The highest BCUT2D eigenvalue weighted by Crippen LogP contribution is 2.24. The Balaban J connectivity index is 1.71. The molecule has 0 bridgehead atoms. The first-order valence-corrected chi connectivity index (χ1v) is 7.10. The minimum Gasteiger partial charge on any atom is -0.495 e. The number of halogens is 1. The summed E-state index contributed by atoms with van der Waals surface area (Å²) in [6.07, 6.45) is 4.03. The average Bonchev–Trinajstić information content (AvgIpc) is 2.84. The second kappa shape index (κ2) is 7.31. The third kappa shape index (κ3) is 3.99. The fourth-order valence-electron chi connectivity index (χ4n) is 2.08. The average molecular weight is 294 g/mol. The molecule has 2 rings (SSSR count). The van der Waals surface area contributed by atoms with E-state index in [1.165, 1.54) is 5.56 Å². The van der Waals surface area contributed by atoms with Gasteiger partial charge in [0.25, 0.3) is 0 Å². The van der Waals surface area contributed by atoms with Gasteiger partial charge >= 0.3 is 0 Å². The van der Waals surface area contributed by atoms with E-state index in [9.17, 15) is 0 Å². The quantitative estimate of drug-likeness (QED) is 0.771. The van der Waals surface area contributed by atoms with Crippen molar-refractivity contribution in [1.82, 2.24) is 15.5 Å². The lowest BCUT2D eigenvalue weighted by molar-refractivity contribution is 0.415. The molecule has 1 aromatic carbocycles. The molecule has 0 aliphatic carbocycles. The van der Waals surface area contributed by atoms with Crippen LogP contribution < -0.4 is 10.1 Å². The van der Waals surface area contributed by atoms with Crippen LogP contribution in [0, 0.1) is 6.92 Å². The fraction of sp³-hybridized carbons (Fsp3) is 0.400. The van der Waals surface area contributed by atoms with E-state index < -0.39 is 0 Å². The number of methoxy groups -OCH3 is 1. The van der Waals surface area contributed by atoms with Gasteiger partial charge in [0.15, 0.2) is 0 Å². The molecule has 4 nitrogen and oxygen atoms in total. The highest BCUT2D eigenvalue weighted by atomic mass is 35.5. The zero-order valence-electron chi connectivity index (χ0n) is 11.9. The van der Waals surface area contributed by atoms with Crippen LogP contribution in [-0.2, 0) is 13.0 Å². The van der Waals surface area contributed by atoms with Gasteiger partial charge in [-0.1, -0.05) is 17.7 Å². The minimum absolute atomic E-state index is 0.654. The van der Waals surface area contributed by atoms with Gasteiger partial charge in [-0.25, -0.2) is 0 Å². The second-order valence-electron chi connectivity index (χ2n) is 4.77. The summed E-state index contributed by atoms with van der Waals surface area (Å²) in [5, 5.41) is 11.0. The molecule has 1 heterocycles. The molecule has 0 saturated carbocycles. The Morgan fingerprint density at radius 1 is 1.40 bits per heavy atom. The van der Waals surface area contributed by atoms with Crippen molar-refractivity contribution in [2.24, 2.45) is 0 Å². The summed E-state index contributed by atoms with van der Waals surface area (Å²) < 4.78 is 5.13. The maximum atomic E-state index is 6.09. The smallest absolute Gasteiger partial charge is 0.137 e. The number of nitrogens with one attached hydrogen (secondary N) is 2. The van der Waals surface area contributed by atoms with Crippen LogP contribution in [0.2, 0.25) is 5.02 Å². The Morgan fingerprint density at radius 2 is 2.25 bits per heavy atom. The van der Waals surface area contributed by atoms with Crippen molar-refractivity contribution in [2.45, 2.75) is 26.3 Å². The lowest BCUT2D eigenvalue weighted by Crippen LogP contribution is -2.15.